The Balaban J connectivity index is 0.891. The molecule has 2 aliphatic rings. The van der Waals surface area contributed by atoms with Crippen molar-refractivity contribution in [3.05, 3.63) is 128 Å². The molecule has 4 amide bonds. The predicted octanol–water partition coefficient (Wildman–Crippen LogP) is 6.03. The van der Waals surface area contributed by atoms with Crippen molar-refractivity contribution in [2.24, 2.45) is 11.5 Å². The van der Waals surface area contributed by atoms with Gasteiger partial charge in [0.05, 0.1) is 12.1 Å². The van der Waals surface area contributed by atoms with Crippen LogP contribution in [0.3, 0.4) is 0 Å². The number of nitrogens with zero attached hydrogens (tertiary/aromatic N) is 2. The number of aryl methyl sites for hydroxylation is 4. The van der Waals surface area contributed by atoms with Crippen molar-refractivity contribution in [1.29, 1.82) is 0 Å². The molecule has 4 aromatic carbocycles. The zero-order valence-electron chi connectivity index (χ0n) is 38.1. The van der Waals surface area contributed by atoms with Crippen LogP contribution in [0.2, 0.25) is 0 Å². The molecule has 6 rings (SSSR count). The number of unbranched alkanes of at least 4 members (excludes halogenated alkanes) is 7. The third kappa shape index (κ3) is 12.1. The number of hydrogen-bond donors (Lipinski definition) is 6. The van der Waals surface area contributed by atoms with Crippen LogP contribution in [0.25, 0.3) is 0 Å². The average Bonchev–Trinajstić information content (AvgIpc) is 3.27. The fourth-order valence-electron chi connectivity index (χ4n) is 9.57. The van der Waals surface area contributed by atoms with Crippen LogP contribution in [0.15, 0.2) is 72.8 Å². The van der Waals surface area contributed by atoms with Crippen LogP contribution < -0.4 is 22.1 Å². The van der Waals surface area contributed by atoms with E-state index < -0.39 is 24.2 Å². The lowest BCUT2D eigenvalue weighted by Gasteiger charge is -2.37. The van der Waals surface area contributed by atoms with Crippen LogP contribution in [0, 0.1) is 27.7 Å². The number of phenolic OH excluding ortho intramolecular Hbond substituents is 2. The topological polar surface area (TPSA) is 191 Å². The Kier molecular flexibility index (Phi) is 16.6. The third-order valence-corrected chi connectivity index (χ3v) is 13.2. The van der Waals surface area contributed by atoms with Gasteiger partial charge in [0.1, 0.15) is 23.6 Å². The standard InChI is InChI=1S/C52H68N6O6/c1-33-23-41(59)24-34(2)43(33)29-45(53)51(63)57-31-39-19-13-11-17-37(39)27-47(57)49(61)55-21-15-9-7-5-6-8-10-16-22-56-50(62)48-28-38-18-12-14-20-40(38)32-58(48)52(64)46(54)30-44-35(3)25-42(60)26-36(44)4/h11-14,17-20,23-26,45-48,59-60H,5-10,15-16,21-22,27-32,53-54H2,1-4H3,(H,55,61)(H,56,62)/t45-,46-,47-,48-/m0/s1. The molecular weight excluding hydrogens is 805 g/mol. The van der Waals surface area contributed by atoms with Crippen LogP contribution in [-0.2, 0) is 58.0 Å². The van der Waals surface area contributed by atoms with Crippen molar-refractivity contribution < 1.29 is 29.4 Å². The highest BCUT2D eigenvalue weighted by Crippen LogP contribution is 2.28. The van der Waals surface area contributed by atoms with E-state index in [9.17, 15) is 29.4 Å². The quantitative estimate of drug-likeness (QED) is 0.0616. The fourth-order valence-corrected chi connectivity index (χ4v) is 9.57. The molecule has 0 radical (unpaired) electrons. The molecule has 0 aliphatic carbocycles. The first-order chi connectivity index (χ1) is 30.7. The number of phenols is 2. The summed E-state index contributed by atoms with van der Waals surface area (Å²) < 4.78 is 0. The Morgan fingerprint density at radius 1 is 0.547 bits per heavy atom. The normalized spacial score (nSPS) is 16.7. The molecule has 0 aromatic heterocycles. The van der Waals surface area contributed by atoms with E-state index in [1.54, 1.807) is 34.1 Å². The molecule has 12 nitrogen and oxygen atoms in total. The molecule has 0 saturated carbocycles. The predicted molar refractivity (Wildman–Crippen MR) is 250 cm³/mol. The van der Waals surface area contributed by atoms with Crippen molar-refractivity contribution in [3.8, 4) is 11.5 Å². The van der Waals surface area contributed by atoms with E-state index >= 15 is 0 Å². The van der Waals surface area contributed by atoms with E-state index in [0.29, 0.717) is 51.9 Å². The second kappa shape index (κ2) is 22.3. The summed E-state index contributed by atoms with van der Waals surface area (Å²) in [4.78, 5) is 58.3. The van der Waals surface area contributed by atoms with E-state index in [-0.39, 0.29) is 35.1 Å². The number of amides is 4. The number of carbonyl (C=O) groups is 4. The number of hydrogen-bond acceptors (Lipinski definition) is 8. The largest absolute Gasteiger partial charge is 0.508 e. The number of nitrogens with one attached hydrogen (secondary N) is 2. The first-order valence-corrected chi connectivity index (χ1v) is 23.1. The first kappa shape index (κ1) is 47.8. The van der Waals surface area contributed by atoms with Crippen molar-refractivity contribution in [2.75, 3.05) is 13.1 Å². The summed E-state index contributed by atoms with van der Waals surface area (Å²) in [5.41, 5.74) is 22.6. The molecule has 64 heavy (non-hydrogen) atoms. The molecule has 0 spiro atoms. The number of carbonyl (C=O) groups excluding carboxylic acids is 4. The number of nitrogens with two attached hydrogens (primary N) is 2. The maximum Gasteiger partial charge on any atom is 0.243 e. The highest BCUT2D eigenvalue weighted by atomic mass is 16.3. The molecule has 2 aliphatic heterocycles. The molecule has 342 valence electrons. The van der Waals surface area contributed by atoms with Gasteiger partial charge in [-0.1, -0.05) is 87.1 Å². The summed E-state index contributed by atoms with van der Waals surface area (Å²) in [5.74, 6) is -0.473. The first-order valence-electron chi connectivity index (χ1n) is 23.1. The van der Waals surface area contributed by atoms with Gasteiger partial charge in [-0.05, 0) is 133 Å². The Bertz CT molecular complexity index is 2090. The summed E-state index contributed by atoms with van der Waals surface area (Å²) in [6.07, 6.45) is 9.46. The smallest absolute Gasteiger partial charge is 0.243 e. The van der Waals surface area contributed by atoms with Crippen LogP contribution in [0.4, 0.5) is 0 Å². The minimum atomic E-state index is -0.826. The lowest BCUT2D eigenvalue weighted by molar-refractivity contribution is -0.142. The lowest BCUT2D eigenvalue weighted by Crippen LogP contribution is -2.56. The van der Waals surface area contributed by atoms with Gasteiger partial charge in [0, 0.05) is 39.0 Å². The summed E-state index contributed by atoms with van der Waals surface area (Å²) in [7, 11) is 0. The molecule has 0 unspecified atom stereocenters. The van der Waals surface area contributed by atoms with Crippen molar-refractivity contribution in [1.82, 2.24) is 20.4 Å². The van der Waals surface area contributed by atoms with Gasteiger partial charge in [-0.3, -0.25) is 19.2 Å². The zero-order valence-corrected chi connectivity index (χ0v) is 38.1. The second-order valence-corrected chi connectivity index (χ2v) is 18.1. The summed E-state index contributed by atoms with van der Waals surface area (Å²) in [5, 5.41) is 26.2. The molecule has 4 atom stereocenters. The minimum Gasteiger partial charge on any atom is -0.508 e. The van der Waals surface area contributed by atoms with E-state index in [2.05, 4.69) is 10.6 Å². The highest BCUT2D eigenvalue weighted by molar-refractivity contribution is 5.91. The fraction of sp³-hybridized carbons (Fsp3) is 0.462. The SMILES string of the molecule is Cc1cc(O)cc(C)c1C[C@H](N)C(=O)N1Cc2ccccc2C[C@H]1C(=O)NCCCCCCCCCCNC(=O)[C@@H]1Cc2ccccc2CN1C(=O)[C@@H](N)Cc1c(C)cc(O)cc1C. The minimum absolute atomic E-state index is 0.161. The van der Waals surface area contributed by atoms with E-state index in [1.807, 2.05) is 76.2 Å². The molecule has 0 saturated heterocycles. The van der Waals surface area contributed by atoms with Crippen LogP contribution in [-0.4, -0.2) is 80.9 Å². The maximum atomic E-state index is 13.9. The van der Waals surface area contributed by atoms with Crippen molar-refractivity contribution in [3.63, 3.8) is 0 Å². The van der Waals surface area contributed by atoms with Crippen LogP contribution >= 0.6 is 0 Å². The maximum absolute atomic E-state index is 13.9. The number of aromatic hydroxyl groups is 2. The van der Waals surface area contributed by atoms with Crippen LogP contribution in [0.5, 0.6) is 11.5 Å². The number of fused-ring (bicyclic) bond motifs is 2. The van der Waals surface area contributed by atoms with Crippen molar-refractivity contribution >= 4 is 23.6 Å². The molecule has 0 fully saturated rings. The Morgan fingerprint density at radius 3 is 1.20 bits per heavy atom. The summed E-state index contributed by atoms with van der Waals surface area (Å²) in [6, 6.07) is 19.6. The lowest BCUT2D eigenvalue weighted by atomic mass is 9.91. The number of rotatable bonds is 19. The molecule has 2 heterocycles. The third-order valence-electron chi connectivity index (χ3n) is 13.2. The average molecular weight is 873 g/mol. The number of benzene rings is 4. The van der Waals surface area contributed by atoms with Gasteiger partial charge in [0.25, 0.3) is 0 Å². The molecular formula is C52H68N6O6. The van der Waals surface area contributed by atoms with E-state index in [1.165, 1.54) is 0 Å². The van der Waals surface area contributed by atoms with Gasteiger partial charge in [-0.15, -0.1) is 0 Å². The molecule has 4 aromatic rings. The molecule has 12 heteroatoms. The van der Waals surface area contributed by atoms with E-state index in [4.69, 9.17) is 11.5 Å². The van der Waals surface area contributed by atoms with E-state index in [0.717, 1.165) is 107 Å². The van der Waals surface area contributed by atoms with Crippen molar-refractivity contribution in [2.45, 2.75) is 142 Å². The second-order valence-electron chi connectivity index (χ2n) is 18.1. The van der Waals surface area contributed by atoms with Gasteiger partial charge >= 0.3 is 0 Å². The van der Waals surface area contributed by atoms with Gasteiger partial charge in [-0.25, -0.2) is 0 Å². The molecule has 8 N–H and O–H groups in total. The summed E-state index contributed by atoms with van der Waals surface area (Å²) >= 11 is 0. The monoisotopic (exact) mass is 873 g/mol. The molecule has 0 bridgehead atoms. The van der Waals surface area contributed by atoms with Gasteiger partial charge in [0.15, 0.2) is 0 Å². The van der Waals surface area contributed by atoms with Crippen LogP contribution in [0.1, 0.15) is 107 Å². The van der Waals surface area contributed by atoms with Gasteiger partial charge in [0.2, 0.25) is 23.6 Å². The highest BCUT2D eigenvalue weighted by Gasteiger charge is 2.38. The summed E-state index contributed by atoms with van der Waals surface area (Å²) in [6.45, 7) is 9.33. The van der Waals surface area contributed by atoms with Gasteiger partial charge < -0.3 is 42.1 Å². The Hall–Kier alpha value is -5.72. The Morgan fingerprint density at radius 2 is 0.859 bits per heavy atom. The zero-order chi connectivity index (χ0) is 45.9. The Labute approximate surface area is 378 Å². The van der Waals surface area contributed by atoms with Gasteiger partial charge in [-0.2, -0.15) is 0 Å².